The molecule has 4 heteroatoms. The summed E-state index contributed by atoms with van der Waals surface area (Å²) in [5, 5.41) is -0.262. The van der Waals surface area contributed by atoms with Gasteiger partial charge in [-0.3, -0.25) is 9.59 Å². The number of carbonyl (C=O) groups is 2. The summed E-state index contributed by atoms with van der Waals surface area (Å²) < 4.78 is 0. The third-order valence-corrected chi connectivity index (χ3v) is 4.05. The van der Waals surface area contributed by atoms with E-state index in [9.17, 15) is 9.59 Å². The average Bonchev–Trinajstić information content (AvgIpc) is 2.19. The lowest BCUT2D eigenvalue weighted by Gasteiger charge is -2.50. The summed E-state index contributed by atoms with van der Waals surface area (Å²) >= 11 is 5.63. The highest BCUT2D eigenvalue weighted by molar-refractivity contribution is 6.64. The van der Waals surface area contributed by atoms with Crippen molar-refractivity contribution in [1.82, 2.24) is 4.90 Å². The lowest BCUT2D eigenvalue weighted by Crippen LogP contribution is -2.57. The molecule has 0 aromatic carbocycles. The van der Waals surface area contributed by atoms with E-state index in [1.54, 1.807) is 6.92 Å². The van der Waals surface area contributed by atoms with Gasteiger partial charge in [-0.05, 0) is 37.3 Å². The zero-order valence-electron chi connectivity index (χ0n) is 8.25. The van der Waals surface area contributed by atoms with Crippen LogP contribution >= 0.6 is 11.6 Å². The number of fused-ring (bicyclic) bond motifs is 3. The molecule has 1 amide bonds. The van der Waals surface area contributed by atoms with E-state index < -0.39 is 5.41 Å². The molecule has 3 rings (SSSR count). The standard InChI is InChI=1S/C10H14ClNO2/c1-7(13)12-6-10(9(11)14)4-2-8(12)3-5-10/h8H,2-6H2,1H3. The largest absolute Gasteiger partial charge is 0.339 e. The predicted octanol–water partition coefficient (Wildman–Crippen LogP) is 1.54. The second-order valence-electron chi connectivity index (χ2n) is 4.43. The van der Waals surface area contributed by atoms with Crippen LogP contribution in [0.15, 0.2) is 0 Å². The Labute approximate surface area is 88.4 Å². The van der Waals surface area contributed by atoms with Crippen LogP contribution in [0, 0.1) is 5.41 Å². The van der Waals surface area contributed by atoms with E-state index in [1.807, 2.05) is 4.90 Å². The van der Waals surface area contributed by atoms with Crippen molar-refractivity contribution in [2.75, 3.05) is 6.54 Å². The van der Waals surface area contributed by atoms with Crippen LogP contribution in [0.2, 0.25) is 0 Å². The van der Waals surface area contributed by atoms with Gasteiger partial charge in [-0.15, -0.1) is 0 Å². The van der Waals surface area contributed by atoms with Crippen molar-refractivity contribution in [1.29, 1.82) is 0 Å². The highest BCUT2D eigenvalue weighted by Crippen LogP contribution is 2.45. The summed E-state index contributed by atoms with van der Waals surface area (Å²) in [6.07, 6.45) is 3.56. The number of amides is 1. The maximum Gasteiger partial charge on any atom is 0.229 e. The van der Waals surface area contributed by atoms with E-state index in [-0.39, 0.29) is 11.1 Å². The highest BCUT2D eigenvalue weighted by Gasteiger charge is 2.49. The SMILES string of the molecule is CC(=O)N1CC2(C(=O)Cl)CCC1CC2. The van der Waals surface area contributed by atoms with E-state index in [1.165, 1.54) is 0 Å². The molecule has 0 atom stereocenters. The van der Waals surface area contributed by atoms with Crippen LogP contribution < -0.4 is 0 Å². The molecule has 0 unspecified atom stereocenters. The van der Waals surface area contributed by atoms with E-state index in [4.69, 9.17) is 11.6 Å². The Morgan fingerprint density at radius 3 is 2.36 bits per heavy atom. The minimum Gasteiger partial charge on any atom is -0.339 e. The van der Waals surface area contributed by atoms with Crippen molar-refractivity contribution >= 4 is 22.8 Å². The monoisotopic (exact) mass is 215 g/mol. The van der Waals surface area contributed by atoms with Gasteiger partial charge in [0, 0.05) is 19.5 Å². The van der Waals surface area contributed by atoms with E-state index in [0.29, 0.717) is 12.6 Å². The summed E-state index contributed by atoms with van der Waals surface area (Å²) in [6.45, 7) is 2.10. The van der Waals surface area contributed by atoms with Gasteiger partial charge < -0.3 is 4.90 Å². The maximum atomic E-state index is 11.4. The number of hydrogen-bond acceptors (Lipinski definition) is 2. The molecule has 2 bridgehead atoms. The molecular weight excluding hydrogens is 202 g/mol. The number of hydrogen-bond donors (Lipinski definition) is 0. The molecule has 0 N–H and O–H groups in total. The summed E-state index contributed by atoms with van der Waals surface area (Å²) in [4.78, 5) is 24.5. The molecule has 0 aromatic heterocycles. The van der Waals surface area contributed by atoms with Crippen molar-refractivity contribution in [3.05, 3.63) is 0 Å². The van der Waals surface area contributed by atoms with E-state index in [2.05, 4.69) is 0 Å². The molecule has 2 heterocycles. The molecule has 78 valence electrons. The number of carbonyl (C=O) groups excluding carboxylic acids is 2. The minimum absolute atomic E-state index is 0.0664. The molecule has 1 saturated carbocycles. The Hall–Kier alpha value is -0.570. The predicted molar refractivity (Wildman–Crippen MR) is 52.9 cm³/mol. The molecule has 3 nitrogen and oxygen atoms in total. The average molecular weight is 216 g/mol. The second kappa shape index (κ2) is 3.23. The fraction of sp³-hybridized carbons (Fsp3) is 0.800. The third kappa shape index (κ3) is 1.34. The van der Waals surface area contributed by atoms with Gasteiger partial charge in [0.1, 0.15) is 0 Å². The van der Waals surface area contributed by atoms with Crippen LogP contribution in [0.25, 0.3) is 0 Å². The first-order valence-corrected chi connectivity index (χ1v) is 5.40. The van der Waals surface area contributed by atoms with Gasteiger partial charge >= 0.3 is 0 Å². The number of piperidine rings is 2. The van der Waals surface area contributed by atoms with Crippen molar-refractivity contribution < 1.29 is 9.59 Å². The molecule has 3 fully saturated rings. The van der Waals surface area contributed by atoms with Crippen LogP contribution in [-0.2, 0) is 9.59 Å². The fourth-order valence-corrected chi connectivity index (χ4v) is 2.96. The van der Waals surface area contributed by atoms with Crippen LogP contribution in [-0.4, -0.2) is 28.6 Å². The Morgan fingerprint density at radius 1 is 1.36 bits per heavy atom. The van der Waals surface area contributed by atoms with E-state index >= 15 is 0 Å². The molecule has 14 heavy (non-hydrogen) atoms. The molecular formula is C10H14ClNO2. The van der Waals surface area contributed by atoms with Gasteiger partial charge in [0.15, 0.2) is 0 Å². The highest BCUT2D eigenvalue weighted by atomic mass is 35.5. The van der Waals surface area contributed by atoms with Crippen molar-refractivity contribution in [2.45, 2.75) is 38.6 Å². The topological polar surface area (TPSA) is 37.4 Å². The van der Waals surface area contributed by atoms with Gasteiger partial charge in [0.05, 0.1) is 5.41 Å². The first kappa shape index (κ1) is 9.97. The molecule has 2 saturated heterocycles. The van der Waals surface area contributed by atoms with Gasteiger partial charge in [-0.25, -0.2) is 0 Å². The summed E-state index contributed by atoms with van der Waals surface area (Å²) in [5.41, 5.74) is -0.429. The van der Waals surface area contributed by atoms with Gasteiger partial charge in [-0.1, -0.05) is 0 Å². The Kier molecular flexibility index (Phi) is 2.30. The van der Waals surface area contributed by atoms with Crippen molar-refractivity contribution in [2.24, 2.45) is 5.41 Å². The molecule has 2 aliphatic heterocycles. The molecule has 1 aliphatic carbocycles. The quantitative estimate of drug-likeness (QED) is 0.623. The van der Waals surface area contributed by atoms with Gasteiger partial charge in [-0.2, -0.15) is 0 Å². The third-order valence-electron chi connectivity index (χ3n) is 3.65. The first-order valence-electron chi connectivity index (χ1n) is 5.02. The van der Waals surface area contributed by atoms with Gasteiger partial charge in [0.2, 0.25) is 11.1 Å². The molecule has 0 spiro atoms. The number of rotatable bonds is 1. The van der Waals surface area contributed by atoms with Crippen LogP contribution in [0.1, 0.15) is 32.6 Å². The zero-order valence-corrected chi connectivity index (χ0v) is 9.01. The summed E-state index contributed by atoms with van der Waals surface area (Å²) in [6, 6.07) is 0.352. The van der Waals surface area contributed by atoms with Crippen molar-refractivity contribution in [3.8, 4) is 0 Å². The van der Waals surface area contributed by atoms with Crippen LogP contribution in [0.4, 0.5) is 0 Å². The van der Waals surface area contributed by atoms with E-state index in [0.717, 1.165) is 25.7 Å². The minimum atomic E-state index is -0.429. The lowest BCUT2D eigenvalue weighted by atomic mass is 9.68. The molecule has 3 aliphatic rings. The number of nitrogens with zero attached hydrogens (tertiary/aromatic N) is 1. The van der Waals surface area contributed by atoms with Crippen molar-refractivity contribution in [3.63, 3.8) is 0 Å². The lowest BCUT2D eigenvalue weighted by molar-refractivity contribution is -0.145. The summed E-state index contributed by atoms with van der Waals surface area (Å²) in [7, 11) is 0. The smallest absolute Gasteiger partial charge is 0.229 e. The van der Waals surface area contributed by atoms with Crippen LogP contribution in [0.5, 0.6) is 0 Å². The van der Waals surface area contributed by atoms with Gasteiger partial charge in [0.25, 0.3) is 0 Å². The second-order valence-corrected chi connectivity index (χ2v) is 4.78. The molecule has 0 aromatic rings. The normalized spacial score (nSPS) is 35.9. The number of halogens is 1. The van der Waals surface area contributed by atoms with Crippen LogP contribution in [0.3, 0.4) is 0 Å². The first-order chi connectivity index (χ1) is 6.55. The maximum absolute atomic E-state index is 11.4. The zero-order chi connectivity index (χ0) is 10.3. The Bertz CT molecular complexity index is 282. The molecule has 0 radical (unpaired) electrons. The summed E-state index contributed by atoms with van der Waals surface area (Å²) in [5.74, 6) is 0.0664. The Morgan fingerprint density at radius 2 is 1.93 bits per heavy atom. The Balaban J connectivity index is 2.23. The fourth-order valence-electron chi connectivity index (χ4n) is 2.71.